The molecule has 134 valence electrons. The summed E-state index contributed by atoms with van der Waals surface area (Å²) in [6.07, 6.45) is 3.47. The number of nitrogens with zero attached hydrogens (tertiary/aromatic N) is 2. The van der Waals surface area contributed by atoms with Crippen molar-refractivity contribution in [3.63, 3.8) is 0 Å². The van der Waals surface area contributed by atoms with Crippen molar-refractivity contribution in [2.75, 3.05) is 6.54 Å². The number of hydrogen-bond acceptors (Lipinski definition) is 3. The number of thiocarbonyl (C=S) groups is 1. The smallest absolute Gasteiger partial charge is 0.266 e. The molecule has 2 aromatic rings. The second kappa shape index (κ2) is 7.50. The molecular weight excluding hydrogens is 435 g/mol. The van der Waals surface area contributed by atoms with E-state index in [9.17, 15) is 9.18 Å². The van der Waals surface area contributed by atoms with Gasteiger partial charge in [0.05, 0.1) is 10.6 Å². The number of rotatable bonds is 4. The summed E-state index contributed by atoms with van der Waals surface area (Å²) in [7, 11) is 0. The van der Waals surface area contributed by atoms with E-state index < -0.39 is 0 Å². The van der Waals surface area contributed by atoms with Crippen LogP contribution in [-0.2, 0) is 4.79 Å². The SMILES string of the molecule is C=CCN1C(=O)/C(=C/c2cc(C)n(-c3ccc(Br)cc3F)c2C)SC1=S. The van der Waals surface area contributed by atoms with Crippen LogP contribution >= 0.6 is 39.9 Å². The first-order chi connectivity index (χ1) is 12.3. The molecule has 1 aromatic heterocycles. The maximum absolute atomic E-state index is 14.4. The Balaban J connectivity index is 2.03. The van der Waals surface area contributed by atoms with E-state index >= 15 is 0 Å². The summed E-state index contributed by atoms with van der Waals surface area (Å²) in [5.74, 6) is -0.440. The minimum atomic E-state index is -0.315. The Morgan fingerprint density at radius 1 is 1.35 bits per heavy atom. The maximum Gasteiger partial charge on any atom is 0.266 e. The first-order valence-electron chi connectivity index (χ1n) is 7.84. The second-order valence-electron chi connectivity index (χ2n) is 5.84. The molecule has 1 fully saturated rings. The van der Waals surface area contributed by atoms with Gasteiger partial charge in [-0.2, -0.15) is 0 Å². The lowest BCUT2D eigenvalue weighted by molar-refractivity contribution is -0.121. The topological polar surface area (TPSA) is 25.2 Å². The first-order valence-corrected chi connectivity index (χ1v) is 9.86. The zero-order valence-electron chi connectivity index (χ0n) is 14.3. The first kappa shape index (κ1) is 19.1. The van der Waals surface area contributed by atoms with Gasteiger partial charge >= 0.3 is 0 Å². The van der Waals surface area contributed by atoms with Crippen LogP contribution in [0.4, 0.5) is 4.39 Å². The number of aromatic nitrogens is 1. The van der Waals surface area contributed by atoms with Crippen molar-refractivity contribution >= 4 is 56.2 Å². The summed E-state index contributed by atoms with van der Waals surface area (Å²) in [6.45, 7) is 7.87. The van der Waals surface area contributed by atoms with Crippen LogP contribution in [0, 0.1) is 19.7 Å². The van der Waals surface area contributed by atoms with Crippen molar-refractivity contribution in [1.29, 1.82) is 0 Å². The van der Waals surface area contributed by atoms with Gasteiger partial charge in [0, 0.05) is 22.4 Å². The van der Waals surface area contributed by atoms with E-state index in [1.54, 1.807) is 18.2 Å². The summed E-state index contributed by atoms with van der Waals surface area (Å²) in [5.41, 5.74) is 3.08. The fourth-order valence-electron chi connectivity index (χ4n) is 2.89. The van der Waals surface area contributed by atoms with Crippen LogP contribution in [0.5, 0.6) is 0 Å². The van der Waals surface area contributed by atoms with Crippen LogP contribution in [0.25, 0.3) is 11.8 Å². The highest BCUT2D eigenvalue weighted by molar-refractivity contribution is 9.10. The van der Waals surface area contributed by atoms with Gasteiger partial charge in [-0.15, -0.1) is 6.58 Å². The summed E-state index contributed by atoms with van der Waals surface area (Å²) >= 11 is 9.82. The van der Waals surface area contributed by atoms with Crippen LogP contribution in [-0.4, -0.2) is 26.2 Å². The van der Waals surface area contributed by atoms with Gasteiger partial charge in [-0.25, -0.2) is 4.39 Å². The van der Waals surface area contributed by atoms with Crippen LogP contribution < -0.4 is 0 Å². The van der Waals surface area contributed by atoms with Crippen LogP contribution in [0.15, 0.2) is 46.3 Å². The average molecular weight is 451 g/mol. The molecule has 0 saturated carbocycles. The number of benzene rings is 1. The van der Waals surface area contributed by atoms with Crippen LogP contribution in [0.3, 0.4) is 0 Å². The van der Waals surface area contributed by atoms with Gasteiger partial charge in [0.25, 0.3) is 5.91 Å². The molecule has 7 heteroatoms. The van der Waals surface area contributed by atoms with E-state index in [2.05, 4.69) is 22.5 Å². The number of aryl methyl sites for hydroxylation is 1. The third kappa shape index (κ3) is 3.43. The molecule has 1 aliphatic heterocycles. The number of hydrogen-bond donors (Lipinski definition) is 0. The zero-order chi connectivity index (χ0) is 19.0. The summed E-state index contributed by atoms with van der Waals surface area (Å²) in [5, 5.41) is 0. The molecule has 0 aliphatic carbocycles. The van der Waals surface area contributed by atoms with Gasteiger partial charge in [-0.3, -0.25) is 9.69 Å². The monoisotopic (exact) mass is 450 g/mol. The minimum Gasteiger partial charge on any atom is -0.315 e. The maximum atomic E-state index is 14.4. The van der Waals surface area contributed by atoms with E-state index in [-0.39, 0.29) is 11.7 Å². The van der Waals surface area contributed by atoms with E-state index in [0.29, 0.717) is 25.9 Å². The Morgan fingerprint density at radius 2 is 2.08 bits per heavy atom. The third-order valence-electron chi connectivity index (χ3n) is 4.09. The van der Waals surface area contributed by atoms with E-state index in [0.717, 1.165) is 17.0 Å². The molecule has 1 saturated heterocycles. The molecule has 2 heterocycles. The largest absolute Gasteiger partial charge is 0.315 e. The highest BCUT2D eigenvalue weighted by Gasteiger charge is 2.31. The molecule has 0 radical (unpaired) electrons. The molecule has 1 aliphatic rings. The van der Waals surface area contributed by atoms with E-state index in [4.69, 9.17) is 12.2 Å². The van der Waals surface area contributed by atoms with Crippen molar-refractivity contribution in [2.45, 2.75) is 13.8 Å². The fraction of sp³-hybridized carbons (Fsp3) is 0.158. The highest BCUT2D eigenvalue weighted by Crippen LogP contribution is 2.34. The Bertz CT molecular complexity index is 965. The van der Waals surface area contributed by atoms with Gasteiger partial charge in [0.1, 0.15) is 10.1 Å². The van der Waals surface area contributed by atoms with Crippen molar-refractivity contribution < 1.29 is 9.18 Å². The Labute approximate surface area is 169 Å². The van der Waals surface area contributed by atoms with E-state index in [1.807, 2.05) is 30.6 Å². The van der Waals surface area contributed by atoms with Crippen molar-refractivity contribution in [3.05, 3.63) is 69.1 Å². The average Bonchev–Trinajstić information content (AvgIpc) is 2.99. The van der Waals surface area contributed by atoms with Gasteiger partial charge in [-0.1, -0.05) is 46.0 Å². The highest BCUT2D eigenvalue weighted by atomic mass is 79.9. The predicted molar refractivity (Wildman–Crippen MR) is 113 cm³/mol. The number of carbonyl (C=O) groups excluding carboxylic acids is 1. The molecule has 0 bridgehead atoms. The Kier molecular flexibility index (Phi) is 5.50. The molecule has 26 heavy (non-hydrogen) atoms. The van der Waals surface area contributed by atoms with Gasteiger partial charge in [0.15, 0.2) is 0 Å². The molecule has 3 rings (SSSR count). The van der Waals surface area contributed by atoms with Crippen LogP contribution in [0.2, 0.25) is 0 Å². The number of thioether (sulfide) groups is 1. The molecule has 0 spiro atoms. The normalized spacial score (nSPS) is 16.0. The summed E-state index contributed by atoms with van der Waals surface area (Å²) in [6, 6.07) is 6.91. The molecule has 1 amide bonds. The Morgan fingerprint density at radius 3 is 2.73 bits per heavy atom. The van der Waals surface area contributed by atoms with Gasteiger partial charge < -0.3 is 4.57 Å². The molecule has 0 unspecified atom stereocenters. The van der Waals surface area contributed by atoms with Crippen LogP contribution in [0.1, 0.15) is 17.0 Å². The zero-order valence-corrected chi connectivity index (χ0v) is 17.5. The third-order valence-corrected chi connectivity index (χ3v) is 5.96. The summed E-state index contributed by atoms with van der Waals surface area (Å²) in [4.78, 5) is 14.6. The van der Waals surface area contributed by atoms with Crippen molar-refractivity contribution in [1.82, 2.24) is 9.47 Å². The molecule has 1 aromatic carbocycles. The number of amides is 1. The quantitative estimate of drug-likeness (QED) is 0.355. The second-order valence-corrected chi connectivity index (χ2v) is 8.43. The van der Waals surface area contributed by atoms with E-state index in [1.165, 1.54) is 22.7 Å². The lowest BCUT2D eigenvalue weighted by Gasteiger charge is -2.11. The van der Waals surface area contributed by atoms with Gasteiger partial charge in [0.2, 0.25) is 0 Å². The fourth-order valence-corrected chi connectivity index (χ4v) is 4.49. The predicted octanol–water partition coefficient (Wildman–Crippen LogP) is 5.38. The standard InChI is InChI=1S/C19H16BrFN2OS2/c1-4-7-22-18(24)17(26-19(22)25)9-13-8-11(2)23(12(13)3)16-6-5-14(20)10-15(16)21/h4-6,8-10H,1,7H2,2-3H3/b17-9-. The lowest BCUT2D eigenvalue weighted by atomic mass is 10.2. The molecule has 3 nitrogen and oxygen atoms in total. The van der Waals surface area contributed by atoms with Gasteiger partial charge in [-0.05, 0) is 49.8 Å². The molecule has 0 atom stereocenters. The number of halogens is 2. The molecular formula is C19H16BrFN2OS2. The lowest BCUT2D eigenvalue weighted by Crippen LogP contribution is -2.27. The molecule has 0 N–H and O–H groups in total. The van der Waals surface area contributed by atoms with Crippen molar-refractivity contribution in [3.8, 4) is 5.69 Å². The minimum absolute atomic E-state index is 0.125. The Hall–Kier alpha value is -1.70. The van der Waals surface area contributed by atoms with Crippen molar-refractivity contribution in [2.24, 2.45) is 0 Å². The summed E-state index contributed by atoms with van der Waals surface area (Å²) < 4.78 is 17.5. The number of carbonyl (C=O) groups is 1.